The van der Waals surface area contributed by atoms with Crippen molar-refractivity contribution in [2.45, 2.75) is 12.7 Å². The first-order valence-electron chi connectivity index (χ1n) is 2.73. The van der Waals surface area contributed by atoms with E-state index in [-0.39, 0.29) is 0 Å². The SMILES string of the molecule is FC(F)(F)Cn1ccc(Br)n1. The molecule has 0 fully saturated rings. The Bertz CT molecular complexity index is 242. The minimum atomic E-state index is -4.20. The van der Waals surface area contributed by atoms with Crippen LogP contribution in [0, 0.1) is 0 Å². The third-order valence-corrected chi connectivity index (χ3v) is 1.37. The van der Waals surface area contributed by atoms with Gasteiger partial charge in [-0.05, 0) is 22.0 Å². The van der Waals surface area contributed by atoms with Gasteiger partial charge in [0.25, 0.3) is 0 Å². The lowest BCUT2D eigenvalue weighted by atomic mass is 10.6. The number of aromatic nitrogens is 2. The molecule has 0 spiro atoms. The molecule has 0 amide bonds. The van der Waals surface area contributed by atoms with Gasteiger partial charge in [-0.15, -0.1) is 0 Å². The van der Waals surface area contributed by atoms with E-state index in [4.69, 9.17) is 0 Å². The fourth-order valence-corrected chi connectivity index (χ4v) is 0.931. The summed E-state index contributed by atoms with van der Waals surface area (Å²) < 4.78 is 36.3. The molecule has 0 saturated heterocycles. The molecule has 0 aromatic carbocycles. The van der Waals surface area contributed by atoms with E-state index < -0.39 is 12.7 Å². The normalized spacial score (nSPS) is 12.0. The van der Waals surface area contributed by atoms with Crippen molar-refractivity contribution in [2.75, 3.05) is 0 Å². The Labute approximate surface area is 69.1 Å². The number of alkyl halides is 3. The van der Waals surface area contributed by atoms with E-state index in [1.807, 2.05) is 0 Å². The van der Waals surface area contributed by atoms with E-state index in [2.05, 4.69) is 21.0 Å². The van der Waals surface area contributed by atoms with Crippen LogP contribution in [0.4, 0.5) is 13.2 Å². The maximum absolute atomic E-state index is 11.7. The lowest BCUT2D eigenvalue weighted by molar-refractivity contribution is -0.142. The van der Waals surface area contributed by atoms with E-state index in [0.717, 1.165) is 4.68 Å². The summed E-state index contributed by atoms with van der Waals surface area (Å²) in [6, 6.07) is 1.45. The third kappa shape index (κ3) is 2.92. The highest BCUT2D eigenvalue weighted by Gasteiger charge is 2.28. The quantitative estimate of drug-likeness (QED) is 0.721. The highest BCUT2D eigenvalue weighted by molar-refractivity contribution is 9.10. The molecule has 0 bridgehead atoms. The Kier molecular flexibility index (Phi) is 2.22. The van der Waals surface area contributed by atoms with Crippen molar-refractivity contribution in [2.24, 2.45) is 0 Å². The number of hydrogen-bond acceptors (Lipinski definition) is 1. The second-order valence-electron chi connectivity index (χ2n) is 1.95. The smallest absolute Gasteiger partial charge is 0.262 e. The lowest BCUT2D eigenvalue weighted by Crippen LogP contribution is -2.17. The van der Waals surface area contributed by atoms with Gasteiger partial charge in [0.05, 0.1) is 0 Å². The Morgan fingerprint density at radius 1 is 1.55 bits per heavy atom. The molecule has 62 valence electrons. The summed E-state index contributed by atoms with van der Waals surface area (Å²) in [5.74, 6) is 0. The van der Waals surface area contributed by atoms with E-state index in [0.29, 0.717) is 4.60 Å². The monoisotopic (exact) mass is 228 g/mol. The Morgan fingerprint density at radius 3 is 2.55 bits per heavy atom. The van der Waals surface area contributed by atoms with Crippen LogP contribution in [0.5, 0.6) is 0 Å². The van der Waals surface area contributed by atoms with E-state index in [1.54, 1.807) is 0 Å². The predicted octanol–water partition coefficient (Wildman–Crippen LogP) is 2.21. The predicted molar refractivity (Wildman–Crippen MR) is 36.0 cm³/mol. The standard InChI is InChI=1S/C5H4BrF3N2/c6-4-1-2-11(10-4)3-5(7,8)9/h1-2H,3H2. The van der Waals surface area contributed by atoms with Crippen LogP contribution in [-0.2, 0) is 6.54 Å². The number of hydrogen-bond donors (Lipinski definition) is 0. The van der Waals surface area contributed by atoms with Gasteiger partial charge >= 0.3 is 6.18 Å². The second kappa shape index (κ2) is 2.84. The van der Waals surface area contributed by atoms with Crippen molar-refractivity contribution >= 4 is 15.9 Å². The maximum atomic E-state index is 11.7. The molecule has 0 aliphatic carbocycles. The van der Waals surface area contributed by atoms with Gasteiger partial charge in [-0.3, -0.25) is 4.68 Å². The number of nitrogens with zero attached hydrogens (tertiary/aromatic N) is 2. The Hall–Kier alpha value is -0.520. The van der Waals surface area contributed by atoms with Crippen LogP contribution >= 0.6 is 15.9 Å². The van der Waals surface area contributed by atoms with Gasteiger partial charge in [0, 0.05) is 6.20 Å². The molecule has 1 heterocycles. The van der Waals surface area contributed by atoms with Crippen molar-refractivity contribution in [3.8, 4) is 0 Å². The van der Waals surface area contributed by atoms with Crippen LogP contribution in [0.2, 0.25) is 0 Å². The van der Waals surface area contributed by atoms with Crippen LogP contribution in [-0.4, -0.2) is 16.0 Å². The summed E-state index contributed by atoms with van der Waals surface area (Å²) in [6.07, 6.45) is -2.94. The van der Waals surface area contributed by atoms with Crippen molar-refractivity contribution < 1.29 is 13.2 Å². The fourth-order valence-electron chi connectivity index (χ4n) is 0.609. The molecule has 2 nitrogen and oxygen atoms in total. The van der Waals surface area contributed by atoms with Gasteiger partial charge in [0.1, 0.15) is 11.1 Å². The number of halogens is 4. The van der Waals surface area contributed by atoms with Crippen LogP contribution in [0.15, 0.2) is 16.9 Å². The number of rotatable bonds is 1. The zero-order valence-corrected chi connectivity index (χ0v) is 6.85. The molecule has 0 aliphatic rings. The first-order valence-corrected chi connectivity index (χ1v) is 3.52. The molecule has 0 radical (unpaired) electrons. The molecule has 0 atom stereocenters. The van der Waals surface area contributed by atoms with Gasteiger partial charge in [-0.1, -0.05) is 0 Å². The second-order valence-corrected chi connectivity index (χ2v) is 2.76. The minimum Gasteiger partial charge on any atom is -0.262 e. The van der Waals surface area contributed by atoms with Crippen LogP contribution in [0.3, 0.4) is 0 Å². The first-order chi connectivity index (χ1) is 4.97. The summed E-state index contributed by atoms with van der Waals surface area (Å²) in [4.78, 5) is 0. The Morgan fingerprint density at radius 2 is 2.18 bits per heavy atom. The molecule has 1 aromatic heterocycles. The highest BCUT2D eigenvalue weighted by atomic mass is 79.9. The van der Waals surface area contributed by atoms with Crippen LogP contribution < -0.4 is 0 Å². The van der Waals surface area contributed by atoms with Gasteiger partial charge in [-0.2, -0.15) is 18.3 Å². The molecule has 0 unspecified atom stereocenters. The molecular weight excluding hydrogens is 225 g/mol. The first kappa shape index (κ1) is 8.58. The van der Waals surface area contributed by atoms with Crippen molar-refractivity contribution in [1.29, 1.82) is 0 Å². The molecule has 6 heteroatoms. The van der Waals surface area contributed by atoms with Gasteiger partial charge in [-0.25, -0.2) is 0 Å². The maximum Gasteiger partial charge on any atom is 0.408 e. The molecule has 0 N–H and O–H groups in total. The van der Waals surface area contributed by atoms with Crippen molar-refractivity contribution in [3.05, 3.63) is 16.9 Å². The molecule has 1 aromatic rings. The zero-order valence-electron chi connectivity index (χ0n) is 5.27. The molecule has 0 aliphatic heterocycles. The summed E-state index contributed by atoms with van der Waals surface area (Å²) in [7, 11) is 0. The van der Waals surface area contributed by atoms with Gasteiger partial charge < -0.3 is 0 Å². The summed E-state index contributed by atoms with van der Waals surface area (Å²) in [6.45, 7) is -1.04. The van der Waals surface area contributed by atoms with Crippen LogP contribution in [0.25, 0.3) is 0 Å². The molecular formula is C5H4BrF3N2. The molecule has 11 heavy (non-hydrogen) atoms. The van der Waals surface area contributed by atoms with Crippen molar-refractivity contribution in [3.63, 3.8) is 0 Å². The van der Waals surface area contributed by atoms with E-state index in [1.165, 1.54) is 12.3 Å². The van der Waals surface area contributed by atoms with Crippen molar-refractivity contribution in [1.82, 2.24) is 9.78 Å². The van der Waals surface area contributed by atoms with Crippen LogP contribution in [0.1, 0.15) is 0 Å². The summed E-state index contributed by atoms with van der Waals surface area (Å²) >= 11 is 2.94. The minimum absolute atomic E-state index is 0.404. The van der Waals surface area contributed by atoms with Gasteiger partial charge in [0.2, 0.25) is 0 Å². The zero-order chi connectivity index (χ0) is 8.48. The molecule has 0 saturated carbocycles. The van der Waals surface area contributed by atoms with Gasteiger partial charge in [0.15, 0.2) is 0 Å². The summed E-state index contributed by atoms with van der Waals surface area (Å²) in [5.41, 5.74) is 0. The average Bonchev–Trinajstić information content (AvgIpc) is 2.10. The Balaban J connectivity index is 2.65. The summed E-state index contributed by atoms with van der Waals surface area (Å²) in [5, 5.41) is 3.51. The fraction of sp³-hybridized carbons (Fsp3) is 0.400. The topological polar surface area (TPSA) is 17.8 Å². The highest BCUT2D eigenvalue weighted by Crippen LogP contribution is 2.17. The largest absolute Gasteiger partial charge is 0.408 e. The van der Waals surface area contributed by atoms with E-state index in [9.17, 15) is 13.2 Å². The lowest BCUT2D eigenvalue weighted by Gasteiger charge is -2.04. The van der Waals surface area contributed by atoms with E-state index >= 15 is 0 Å². The molecule has 1 rings (SSSR count). The third-order valence-electron chi connectivity index (χ3n) is 0.949. The average molecular weight is 229 g/mol.